The van der Waals surface area contributed by atoms with E-state index in [1.807, 2.05) is 12.1 Å². The van der Waals surface area contributed by atoms with Crippen LogP contribution in [0, 0.1) is 0 Å². The minimum atomic E-state index is 0.332. The van der Waals surface area contributed by atoms with Gasteiger partial charge < -0.3 is 15.3 Å². The van der Waals surface area contributed by atoms with E-state index < -0.39 is 0 Å². The molecular weight excluding hydrogens is 212 g/mol. The number of phenolic OH excluding ortho intramolecular Hbond substituents is 1. The molecule has 0 saturated heterocycles. The molecule has 0 saturated carbocycles. The van der Waals surface area contributed by atoms with E-state index in [-0.39, 0.29) is 0 Å². The lowest BCUT2D eigenvalue weighted by Gasteiger charge is -2.38. The summed E-state index contributed by atoms with van der Waals surface area (Å²) in [6.07, 6.45) is 1.03. The minimum absolute atomic E-state index is 0.332. The predicted octanol–water partition coefficient (Wildman–Crippen LogP) is 1.92. The average molecular weight is 237 g/mol. The molecule has 0 aliphatic carbocycles. The molecule has 17 heavy (non-hydrogen) atoms. The van der Waals surface area contributed by atoms with E-state index >= 15 is 0 Å². The molecule has 2 unspecified atom stereocenters. The normalized spacial score (nSPS) is 15.6. The van der Waals surface area contributed by atoms with Crippen molar-refractivity contribution in [2.45, 2.75) is 25.3 Å². The van der Waals surface area contributed by atoms with Crippen LogP contribution in [0.25, 0.3) is 0 Å². The second-order valence-electron chi connectivity index (χ2n) is 5.53. The fraction of sp³-hybridized carbons (Fsp3) is 0.571. The monoisotopic (exact) mass is 237 g/mol. The highest BCUT2D eigenvalue weighted by Crippen LogP contribution is 2.29. The molecule has 0 radical (unpaired) electrons. The summed E-state index contributed by atoms with van der Waals surface area (Å²) in [5.74, 6) is 0.713. The Balaban J connectivity index is 3.05. The Morgan fingerprint density at radius 1 is 1.29 bits per heavy atom. The zero-order chi connectivity index (χ0) is 13.1. The number of aromatic hydroxyl groups is 1. The minimum Gasteiger partial charge on any atom is -0.508 e. The van der Waals surface area contributed by atoms with Gasteiger partial charge in [0.2, 0.25) is 0 Å². The van der Waals surface area contributed by atoms with Crippen molar-refractivity contribution in [2.75, 3.05) is 27.7 Å². The van der Waals surface area contributed by atoms with Crippen LogP contribution in [0.5, 0.6) is 5.75 Å². The Morgan fingerprint density at radius 3 is 2.35 bits per heavy atom. The van der Waals surface area contributed by atoms with Gasteiger partial charge in [0.05, 0.1) is 21.1 Å². The lowest BCUT2D eigenvalue weighted by Crippen LogP contribution is -2.52. The third-order valence-electron chi connectivity index (χ3n) is 3.44. The van der Waals surface area contributed by atoms with Gasteiger partial charge in [-0.25, -0.2) is 0 Å². The molecule has 0 amide bonds. The van der Waals surface area contributed by atoms with E-state index in [1.165, 1.54) is 5.56 Å². The molecule has 0 spiro atoms. The van der Waals surface area contributed by atoms with Gasteiger partial charge in [-0.1, -0.05) is 19.1 Å². The maximum Gasteiger partial charge on any atom is 0.115 e. The van der Waals surface area contributed by atoms with Crippen LogP contribution in [-0.4, -0.2) is 43.3 Å². The first-order chi connectivity index (χ1) is 7.90. The number of nitrogens with two attached hydrogens (primary N) is 1. The quantitative estimate of drug-likeness (QED) is 0.769. The first kappa shape index (κ1) is 14.0. The highest BCUT2D eigenvalue weighted by Gasteiger charge is 2.31. The van der Waals surface area contributed by atoms with Gasteiger partial charge in [0.1, 0.15) is 11.8 Å². The zero-order valence-corrected chi connectivity index (χ0v) is 11.4. The summed E-state index contributed by atoms with van der Waals surface area (Å²) in [5, 5.41) is 9.58. The number of rotatable bonds is 5. The van der Waals surface area contributed by atoms with Crippen LogP contribution in [0.3, 0.4) is 0 Å². The van der Waals surface area contributed by atoms with E-state index in [1.54, 1.807) is 6.07 Å². The summed E-state index contributed by atoms with van der Waals surface area (Å²) in [6, 6.07) is 7.90. The van der Waals surface area contributed by atoms with Crippen LogP contribution < -0.4 is 5.73 Å². The number of quaternary nitrogens is 1. The van der Waals surface area contributed by atoms with Crippen molar-refractivity contribution in [1.29, 1.82) is 0 Å². The molecule has 1 aromatic rings. The van der Waals surface area contributed by atoms with Crippen LogP contribution in [0.15, 0.2) is 24.3 Å². The first-order valence-corrected chi connectivity index (χ1v) is 6.20. The van der Waals surface area contributed by atoms with Crippen molar-refractivity contribution >= 4 is 0 Å². The third-order valence-corrected chi connectivity index (χ3v) is 3.44. The molecule has 0 aliphatic rings. The van der Waals surface area contributed by atoms with Crippen molar-refractivity contribution in [3.8, 4) is 5.75 Å². The number of hydrogen-bond donors (Lipinski definition) is 2. The molecule has 96 valence electrons. The number of hydrogen-bond acceptors (Lipinski definition) is 2. The zero-order valence-electron chi connectivity index (χ0n) is 11.4. The van der Waals surface area contributed by atoms with Crippen molar-refractivity contribution in [1.82, 2.24) is 0 Å². The van der Waals surface area contributed by atoms with Crippen molar-refractivity contribution in [3.63, 3.8) is 0 Å². The molecule has 1 rings (SSSR count). The highest BCUT2D eigenvalue weighted by molar-refractivity contribution is 5.30. The number of likely N-dealkylation sites (N-methyl/N-ethyl adjacent to an activating group) is 1. The summed E-state index contributed by atoms with van der Waals surface area (Å²) in [6.45, 7) is 2.82. The third kappa shape index (κ3) is 3.45. The Bertz CT molecular complexity index is 357. The molecule has 3 heteroatoms. The highest BCUT2D eigenvalue weighted by atomic mass is 16.3. The molecule has 0 heterocycles. The number of benzene rings is 1. The maximum atomic E-state index is 9.58. The summed E-state index contributed by atoms with van der Waals surface area (Å²) < 4.78 is 0.838. The molecule has 0 aliphatic heterocycles. The van der Waals surface area contributed by atoms with Gasteiger partial charge in [-0.3, -0.25) is 0 Å². The Kier molecular flexibility index (Phi) is 4.54. The van der Waals surface area contributed by atoms with Gasteiger partial charge in [0.25, 0.3) is 0 Å². The summed E-state index contributed by atoms with van der Waals surface area (Å²) in [4.78, 5) is 0. The lowest BCUT2D eigenvalue weighted by atomic mass is 9.87. The van der Waals surface area contributed by atoms with Gasteiger partial charge in [-0.15, -0.1) is 0 Å². The summed E-state index contributed by atoms with van der Waals surface area (Å²) in [7, 11) is 6.51. The van der Waals surface area contributed by atoms with Crippen molar-refractivity contribution in [3.05, 3.63) is 29.8 Å². The van der Waals surface area contributed by atoms with Crippen molar-refractivity contribution in [2.24, 2.45) is 5.73 Å². The van der Waals surface area contributed by atoms with Gasteiger partial charge >= 0.3 is 0 Å². The summed E-state index contributed by atoms with van der Waals surface area (Å²) in [5.41, 5.74) is 7.11. The van der Waals surface area contributed by atoms with E-state index in [9.17, 15) is 5.11 Å². The SMILES string of the molecule is CCC(c1cccc(O)c1)C(CN)[N+](C)(C)C. The van der Waals surface area contributed by atoms with E-state index in [0.29, 0.717) is 24.3 Å². The number of phenols is 1. The topological polar surface area (TPSA) is 46.2 Å². The number of nitrogens with zero attached hydrogens (tertiary/aromatic N) is 1. The standard InChI is InChI=1S/C14H24N2O/c1-5-13(14(10-15)16(2,3)4)11-7-6-8-12(17)9-11/h6-9,13-14H,5,10,15H2,1-4H3/p+1. The molecule has 0 aromatic heterocycles. The van der Waals surface area contributed by atoms with Crippen LogP contribution in [0.4, 0.5) is 0 Å². The van der Waals surface area contributed by atoms with Gasteiger partial charge in [0.15, 0.2) is 0 Å². The maximum absolute atomic E-state index is 9.58. The molecule has 2 atom stereocenters. The predicted molar refractivity (Wildman–Crippen MR) is 72.0 cm³/mol. The molecule has 1 aromatic carbocycles. The lowest BCUT2D eigenvalue weighted by molar-refractivity contribution is -0.896. The van der Waals surface area contributed by atoms with E-state index in [0.717, 1.165) is 10.9 Å². The second-order valence-corrected chi connectivity index (χ2v) is 5.53. The average Bonchev–Trinajstić information content (AvgIpc) is 2.23. The molecule has 3 N–H and O–H groups in total. The smallest absolute Gasteiger partial charge is 0.115 e. The largest absolute Gasteiger partial charge is 0.508 e. The second kappa shape index (κ2) is 5.52. The fourth-order valence-corrected chi connectivity index (χ4v) is 2.51. The van der Waals surface area contributed by atoms with Crippen molar-refractivity contribution < 1.29 is 9.59 Å². The molecule has 3 nitrogen and oxygen atoms in total. The Labute approximate surface area is 104 Å². The first-order valence-electron chi connectivity index (χ1n) is 6.20. The van der Waals surface area contributed by atoms with E-state index in [2.05, 4.69) is 34.1 Å². The molecular formula is C14H25N2O+. The summed E-state index contributed by atoms with van der Waals surface area (Å²) >= 11 is 0. The van der Waals surface area contributed by atoms with Crippen LogP contribution in [0.1, 0.15) is 24.8 Å². The van der Waals surface area contributed by atoms with Crippen LogP contribution in [-0.2, 0) is 0 Å². The van der Waals surface area contributed by atoms with Gasteiger partial charge in [0, 0.05) is 12.5 Å². The molecule has 0 fully saturated rings. The van der Waals surface area contributed by atoms with Gasteiger partial charge in [-0.05, 0) is 24.1 Å². The molecule has 0 bridgehead atoms. The van der Waals surface area contributed by atoms with E-state index in [4.69, 9.17) is 5.73 Å². The Morgan fingerprint density at radius 2 is 1.94 bits per heavy atom. The van der Waals surface area contributed by atoms with Gasteiger partial charge in [-0.2, -0.15) is 0 Å². The van der Waals surface area contributed by atoms with Crippen LogP contribution in [0.2, 0.25) is 0 Å². The fourth-order valence-electron chi connectivity index (χ4n) is 2.51. The Hall–Kier alpha value is -1.06. The van der Waals surface area contributed by atoms with Crippen LogP contribution >= 0.6 is 0 Å².